The minimum atomic E-state index is -0.757. The molecule has 4 rings (SSSR count). The molecule has 1 aromatic rings. The van der Waals surface area contributed by atoms with Gasteiger partial charge in [-0.2, -0.15) is 0 Å². The molecule has 11 heteroatoms. The van der Waals surface area contributed by atoms with Gasteiger partial charge in [0, 0.05) is 40.8 Å². The van der Waals surface area contributed by atoms with Gasteiger partial charge >= 0.3 is 11.7 Å². The molecule has 2 saturated carbocycles. The molecular weight excluding hydrogens is 452 g/mol. The first-order valence-electron chi connectivity index (χ1n) is 12.4. The number of aromatic hydroxyl groups is 1. The van der Waals surface area contributed by atoms with Crippen LogP contribution in [0.3, 0.4) is 0 Å². The molecule has 1 saturated heterocycles. The Morgan fingerprint density at radius 1 is 1.14 bits per heavy atom. The number of nitrogens with zero attached hydrogens (tertiary/aromatic N) is 5. The van der Waals surface area contributed by atoms with Crippen molar-refractivity contribution in [2.75, 3.05) is 28.2 Å². The van der Waals surface area contributed by atoms with Crippen LogP contribution in [-0.4, -0.2) is 75.5 Å². The third-order valence-electron chi connectivity index (χ3n) is 8.42. The van der Waals surface area contributed by atoms with Crippen molar-refractivity contribution >= 4 is 17.8 Å². The smallest absolute Gasteiger partial charge is 0.334 e. The summed E-state index contributed by atoms with van der Waals surface area (Å²) in [5.74, 6) is -0.268. The summed E-state index contributed by atoms with van der Waals surface area (Å²) in [7, 11) is 6.35. The lowest BCUT2D eigenvalue weighted by Gasteiger charge is -2.57. The van der Waals surface area contributed by atoms with Crippen molar-refractivity contribution < 1.29 is 14.7 Å². The molecule has 1 aliphatic heterocycles. The average Bonchev–Trinajstić information content (AvgIpc) is 2.98. The number of unbranched alkanes of at least 4 members (excludes halogenated alkanes) is 1. The predicted molar refractivity (Wildman–Crippen MR) is 131 cm³/mol. The fraction of sp³-hybridized carbons (Fsp3) is 0.708. The molecule has 0 radical (unpaired) electrons. The molecule has 2 N–H and O–H groups in total. The fourth-order valence-electron chi connectivity index (χ4n) is 6.41. The third-order valence-corrected chi connectivity index (χ3v) is 8.42. The van der Waals surface area contributed by atoms with Gasteiger partial charge in [0.25, 0.3) is 11.5 Å². The van der Waals surface area contributed by atoms with Gasteiger partial charge in [-0.15, -0.1) is 0 Å². The molecule has 0 atom stereocenters. The minimum absolute atomic E-state index is 0.00770. The molecule has 192 valence electrons. The maximum atomic E-state index is 13.5. The van der Waals surface area contributed by atoms with Gasteiger partial charge in [0.05, 0.1) is 0 Å². The normalized spacial score (nSPS) is 28.8. The Kier molecular flexibility index (Phi) is 6.31. The van der Waals surface area contributed by atoms with E-state index in [1.807, 2.05) is 6.92 Å². The van der Waals surface area contributed by atoms with Crippen LogP contribution in [0.5, 0.6) is 5.88 Å². The van der Waals surface area contributed by atoms with Crippen LogP contribution >= 0.6 is 0 Å². The minimum Gasteiger partial charge on any atom is -0.494 e. The third kappa shape index (κ3) is 3.58. The van der Waals surface area contributed by atoms with Gasteiger partial charge in [-0.05, 0) is 50.4 Å². The molecule has 0 unspecified atom stereocenters. The number of nitrogens with one attached hydrogen (secondary N) is 1. The number of amides is 3. The number of rotatable bonds is 5. The highest BCUT2D eigenvalue weighted by molar-refractivity contribution is 6.07. The zero-order valence-electron chi connectivity index (χ0n) is 21.3. The van der Waals surface area contributed by atoms with Crippen LogP contribution in [0.2, 0.25) is 0 Å². The van der Waals surface area contributed by atoms with E-state index in [2.05, 4.69) is 10.3 Å². The molecule has 2 aliphatic carbocycles. The van der Waals surface area contributed by atoms with E-state index in [0.29, 0.717) is 38.6 Å². The van der Waals surface area contributed by atoms with E-state index in [0.717, 1.165) is 19.3 Å². The van der Waals surface area contributed by atoms with Crippen molar-refractivity contribution in [3.8, 4) is 5.88 Å². The molecule has 3 amide bonds. The summed E-state index contributed by atoms with van der Waals surface area (Å²) >= 11 is 0. The maximum Gasteiger partial charge on any atom is 0.334 e. The van der Waals surface area contributed by atoms with E-state index in [1.54, 1.807) is 19.0 Å². The van der Waals surface area contributed by atoms with Gasteiger partial charge in [-0.1, -0.05) is 13.3 Å². The number of amidine groups is 1. The Morgan fingerprint density at radius 3 is 2.26 bits per heavy atom. The molecule has 2 spiro atoms. The zero-order valence-corrected chi connectivity index (χ0v) is 21.3. The van der Waals surface area contributed by atoms with Crippen LogP contribution in [-0.2, 0) is 11.3 Å². The van der Waals surface area contributed by atoms with Gasteiger partial charge in [0.2, 0.25) is 5.88 Å². The van der Waals surface area contributed by atoms with Crippen molar-refractivity contribution in [1.29, 1.82) is 0 Å². The summed E-state index contributed by atoms with van der Waals surface area (Å²) in [6.45, 7) is 2.31. The second-order valence-corrected chi connectivity index (χ2v) is 10.3. The number of carbonyl (C=O) groups excluding carboxylic acids is 2. The summed E-state index contributed by atoms with van der Waals surface area (Å²) in [6.07, 6.45) is 5.49. The molecule has 0 bridgehead atoms. The molecule has 3 fully saturated rings. The van der Waals surface area contributed by atoms with Crippen LogP contribution in [0.15, 0.2) is 14.6 Å². The van der Waals surface area contributed by atoms with Crippen molar-refractivity contribution in [1.82, 2.24) is 24.3 Å². The number of aromatic nitrogens is 2. The molecule has 2 heterocycles. The highest BCUT2D eigenvalue weighted by Crippen LogP contribution is 2.61. The Hall–Kier alpha value is -3.11. The van der Waals surface area contributed by atoms with Crippen LogP contribution in [0.25, 0.3) is 0 Å². The van der Waals surface area contributed by atoms with Crippen molar-refractivity contribution in [2.24, 2.45) is 10.4 Å². The summed E-state index contributed by atoms with van der Waals surface area (Å²) < 4.78 is 2.57. The number of hydrogen-bond donors (Lipinski definition) is 2. The highest BCUT2D eigenvalue weighted by atomic mass is 16.3. The highest BCUT2D eigenvalue weighted by Gasteiger charge is 2.66. The van der Waals surface area contributed by atoms with Crippen LogP contribution in [0, 0.1) is 5.41 Å². The van der Waals surface area contributed by atoms with Crippen molar-refractivity contribution in [3.05, 3.63) is 26.4 Å². The molecule has 3 aliphatic rings. The lowest BCUT2D eigenvalue weighted by molar-refractivity contribution is -0.148. The van der Waals surface area contributed by atoms with Gasteiger partial charge in [0.1, 0.15) is 16.9 Å². The second-order valence-electron chi connectivity index (χ2n) is 10.3. The number of imide groups is 1. The number of likely N-dealkylation sites (N-methyl/N-ethyl adjacent to an activating group) is 2. The van der Waals surface area contributed by atoms with Gasteiger partial charge in [-0.25, -0.2) is 9.59 Å². The Labute approximate surface area is 204 Å². The summed E-state index contributed by atoms with van der Waals surface area (Å²) in [5, 5.41) is 13.7. The van der Waals surface area contributed by atoms with E-state index in [-0.39, 0.29) is 40.7 Å². The summed E-state index contributed by atoms with van der Waals surface area (Å²) in [4.78, 5) is 58.8. The van der Waals surface area contributed by atoms with Gasteiger partial charge in [0.15, 0.2) is 0 Å². The van der Waals surface area contributed by atoms with E-state index < -0.39 is 16.8 Å². The molecule has 11 nitrogen and oxygen atoms in total. The van der Waals surface area contributed by atoms with Crippen molar-refractivity contribution in [2.45, 2.75) is 76.4 Å². The lowest BCUT2D eigenvalue weighted by atomic mass is 9.51. The van der Waals surface area contributed by atoms with Crippen LogP contribution < -0.4 is 16.6 Å². The van der Waals surface area contributed by atoms with Crippen LogP contribution in [0.4, 0.5) is 4.79 Å². The number of hydrogen-bond acceptors (Lipinski definition) is 6. The lowest BCUT2D eigenvalue weighted by Crippen LogP contribution is -2.63. The molecular formula is C24H36N6O5. The molecule has 1 aromatic heterocycles. The monoisotopic (exact) mass is 488 g/mol. The zero-order chi connectivity index (χ0) is 25.7. The number of carbonyl (C=O) groups is 2. The first kappa shape index (κ1) is 25.0. The molecule has 0 aromatic carbocycles. The first-order valence-corrected chi connectivity index (χ1v) is 12.4. The Balaban J connectivity index is 1.62. The first-order chi connectivity index (χ1) is 16.6. The molecule has 35 heavy (non-hydrogen) atoms. The average molecular weight is 489 g/mol. The SMILES string of the molecule is CCCCn1c(O)c(C(=NC)NC)c(=O)n(C2CCC3(CC2)CC2(C3)C(=O)N(C)C(=O)N2C)c1=O. The van der Waals surface area contributed by atoms with E-state index in [9.17, 15) is 24.3 Å². The predicted octanol–water partition coefficient (Wildman–Crippen LogP) is 1.27. The quantitative estimate of drug-likeness (QED) is 0.365. The van der Waals surface area contributed by atoms with Crippen LogP contribution in [0.1, 0.15) is 69.9 Å². The standard InChI is InChI=1S/C24H36N6O5/c1-6-7-12-29-18(31)16(17(25-2)26-3)19(32)30(22(29)35)15-8-10-23(11-9-15)13-24(14-23)20(33)27(4)21(34)28(24)5/h15,31H,6-14H2,1-5H3,(H,25,26). The topological polar surface area (TPSA) is 129 Å². The van der Waals surface area contributed by atoms with E-state index in [4.69, 9.17) is 0 Å². The van der Waals surface area contributed by atoms with E-state index >= 15 is 0 Å². The Bertz CT molecular complexity index is 1180. The van der Waals surface area contributed by atoms with Gasteiger partial charge in [-0.3, -0.25) is 28.6 Å². The fourth-order valence-corrected chi connectivity index (χ4v) is 6.41. The Morgan fingerprint density at radius 2 is 1.77 bits per heavy atom. The largest absolute Gasteiger partial charge is 0.494 e. The summed E-state index contributed by atoms with van der Waals surface area (Å²) in [5.41, 5.74) is -1.86. The van der Waals surface area contributed by atoms with Gasteiger partial charge < -0.3 is 15.3 Å². The number of aliphatic imine (C=N–C) groups is 1. The second kappa shape index (κ2) is 8.83. The summed E-state index contributed by atoms with van der Waals surface area (Å²) in [6, 6.07) is -0.576. The maximum absolute atomic E-state index is 13.5. The van der Waals surface area contributed by atoms with E-state index in [1.165, 1.54) is 28.1 Å². The van der Waals surface area contributed by atoms with Crippen molar-refractivity contribution in [3.63, 3.8) is 0 Å². The number of urea groups is 1.